The standard InChI is InChI=1S/C19H27ClN2O3/c20-17-9-14(5-6-18(17)24)19(25)22-11-15(16(12-22)13-23)10-21-7-3-1-2-4-8-21/h5-6,9,15-16,23-24H,1-4,7-8,10-13H2/t15-,16-/m1/s1. The monoisotopic (exact) mass is 366 g/mol. The maximum Gasteiger partial charge on any atom is 0.253 e. The number of rotatable bonds is 4. The van der Waals surface area contributed by atoms with Crippen LogP contribution in [-0.4, -0.2) is 65.3 Å². The van der Waals surface area contributed by atoms with E-state index in [0.717, 1.165) is 19.6 Å². The van der Waals surface area contributed by atoms with Gasteiger partial charge in [-0.1, -0.05) is 24.4 Å². The molecule has 0 aromatic heterocycles. The number of aromatic hydroxyl groups is 1. The van der Waals surface area contributed by atoms with Crippen molar-refractivity contribution in [3.8, 4) is 5.75 Å². The highest BCUT2D eigenvalue weighted by molar-refractivity contribution is 6.32. The number of hydrogen-bond donors (Lipinski definition) is 2. The number of carbonyl (C=O) groups is 1. The van der Waals surface area contributed by atoms with E-state index in [9.17, 15) is 15.0 Å². The Morgan fingerprint density at radius 3 is 2.44 bits per heavy atom. The van der Waals surface area contributed by atoms with E-state index >= 15 is 0 Å². The van der Waals surface area contributed by atoms with Crippen molar-refractivity contribution in [3.63, 3.8) is 0 Å². The Kier molecular flexibility index (Phi) is 6.20. The van der Waals surface area contributed by atoms with E-state index in [1.165, 1.54) is 37.8 Å². The van der Waals surface area contributed by atoms with Crippen molar-refractivity contribution in [2.75, 3.05) is 39.3 Å². The molecule has 2 saturated heterocycles. The largest absolute Gasteiger partial charge is 0.506 e. The maximum atomic E-state index is 12.8. The van der Waals surface area contributed by atoms with E-state index < -0.39 is 0 Å². The molecule has 0 spiro atoms. The van der Waals surface area contributed by atoms with Gasteiger partial charge in [-0.15, -0.1) is 0 Å². The number of nitrogens with zero attached hydrogens (tertiary/aromatic N) is 2. The van der Waals surface area contributed by atoms with Gasteiger partial charge in [0.15, 0.2) is 0 Å². The molecule has 2 atom stereocenters. The quantitative estimate of drug-likeness (QED) is 0.859. The summed E-state index contributed by atoms with van der Waals surface area (Å²) in [6.07, 6.45) is 5.09. The molecular weight excluding hydrogens is 340 g/mol. The molecule has 1 aromatic carbocycles. The van der Waals surface area contributed by atoms with Crippen LogP contribution in [0.25, 0.3) is 0 Å². The van der Waals surface area contributed by atoms with Gasteiger partial charge in [-0.2, -0.15) is 0 Å². The fraction of sp³-hybridized carbons (Fsp3) is 0.632. The van der Waals surface area contributed by atoms with Gasteiger partial charge in [-0.3, -0.25) is 4.79 Å². The van der Waals surface area contributed by atoms with E-state index in [2.05, 4.69) is 4.90 Å². The van der Waals surface area contributed by atoms with Crippen molar-refractivity contribution in [3.05, 3.63) is 28.8 Å². The first-order valence-corrected chi connectivity index (χ1v) is 9.57. The van der Waals surface area contributed by atoms with Crippen molar-refractivity contribution in [2.24, 2.45) is 11.8 Å². The van der Waals surface area contributed by atoms with Gasteiger partial charge in [0.25, 0.3) is 5.91 Å². The lowest BCUT2D eigenvalue weighted by atomic mass is 9.96. The molecule has 1 amide bonds. The first-order chi connectivity index (χ1) is 12.1. The van der Waals surface area contributed by atoms with Crippen molar-refractivity contribution >= 4 is 17.5 Å². The van der Waals surface area contributed by atoms with E-state index in [4.69, 9.17) is 11.6 Å². The van der Waals surface area contributed by atoms with Gasteiger partial charge in [-0.05, 0) is 50.0 Å². The van der Waals surface area contributed by atoms with E-state index in [-0.39, 0.29) is 29.2 Å². The number of hydrogen-bond acceptors (Lipinski definition) is 4. The summed E-state index contributed by atoms with van der Waals surface area (Å²) in [4.78, 5) is 17.1. The predicted molar refractivity (Wildman–Crippen MR) is 98.0 cm³/mol. The molecule has 2 aliphatic heterocycles. The number of halogens is 1. The highest BCUT2D eigenvalue weighted by Crippen LogP contribution is 2.29. The molecule has 138 valence electrons. The van der Waals surface area contributed by atoms with Crippen molar-refractivity contribution in [1.29, 1.82) is 0 Å². The molecule has 2 heterocycles. The highest BCUT2D eigenvalue weighted by atomic mass is 35.5. The van der Waals surface area contributed by atoms with Crippen LogP contribution in [0.2, 0.25) is 5.02 Å². The van der Waals surface area contributed by atoms with Crippen molar-refractivity contribution in [1.82, 2.24) is 9.80 Å². The minimum atomic E-state index is -0.0845. The summed E-state index contributed by atoms with van der Waals surface area (Å²) in [5.74, 6) is 0.324. The number of carbonyl (C=O) groups excluding carboxylic acids is 1. The summed E-state index contributed by atoms with van der Waals surface area (Å²) in [7, 11) is 0. The van der Waals surface area contributed by atoms with Crippen LogP contribution in [0.4, 0.5) is 0 Å². The Bertz CT molecular complexity index is 602. The number of aliphatic hydroxyl groups excluding tert-OH is 1. The van der Waals surface area contributed by atoms with Crippen LogP contribution in [0.1, 0.15) is 36.0 Å². The lowest BCUT2D eigenvalue weighted by Crippen LogP contribution is -2.35. The van der Waals surface area contributed by atoms with Crippen LogP contribution in [0.5, 0.6) is 5.75 Å². The number of phenolic OH excluding ortho intramolecular Hbond substituents is 1. The van der Waals surface area contributed by atoms with Crippen LogP contribution in [0.15, 0.2) is 18.2 Å². The van der Waals surface area contributed by atoms with Gasteiger partial charge in [0.1, 0.15) is 5.75 Å². The Hall–Kier alpha value is -1.30. The average Bonchev–Trinajstić information content (AvgIpc) is 2.83. The lowest BCUT2D eigenvalue weighted by molar-refractivity contribution is 0.0779. The summed E-state index contributed by atoms with van der Waals surface area (Å²) in [6, 6.07) is 4.55. The zero-order valence-corrected chi connectivity index (χ0v) is 15.3. The molecule has 5 nitrogen and oxygen atoms in total. The number of phenols is 1. The van der Waals surface area contributed by atoms with E-state index in [0.29, 0.717) is 24.6 Å². The van der Waals surface area contributed by atoms with Gasteiger partial charge in [0.05, 0.1) is 5.02 Å². The fourth-order valence-corrected chi connectivity index (χ4v) is 4.17. The topological polar surface area (TPSA) is 64.0 Å². The van der Waals surface area contributed by atoms with Gasteiger partial charge in [0.2, 0.25) is 0 Å². The Morgan fingerprint density at radius 1 is 1.12 bits per heavy atom. The van der Waals surface area contributed by atoms with Crippen LogP contribution in [-0.2, 0) is 0 Å². The summed E-state index contributed by atoms with van der Waals surface area (Å²) in [5.41, 5.74) is 0.481. The molecule has 0 aliphatic carbocycles. The summed E-state index contributed by atoms with van der Waals surface area (Å²) < 4.78 is 0. The van der Waals surface area contributed by atoms with Crippen molar-refractivity contribution < 1.29 is 15.0 Å². The van der Waals surface area contributed by atoms with Gasteiger partial charge < -0.3 is 20.0 Å². The Balaban J connectivity index is 1.65. The number of likely N-dealkylation sites (tertiary alicyclic amines) is 2. The molecule has 1 aromatic rings. The second-order valence-corrected chi connectivity index (χ2v) is 7.70. The normalized spacial score (nSPS) is 25.1. The van der Waals surface area contributed by atoms with E-state index in [1.54, 1.807) is 6.07 Å². The van der Waals surface area contributed by atoms with Crippen LogP contribution < -0.4 is 0 Å². The molecule has 2 N–H and O–H groups in total. The highest BCUT2D eigenvalue weighted by Gasteiger charge is 2.36. The molecule has 0 radical (unpaired) electrons. The SMILES string of the molecule is O=C(c1ccc(O)c(Cl)c1)N1C[C@@H](CN2CCCCCC2)[C@@H](CO)C1. The number of aliphatic hydroxyl groups is 1. The summed E-state index contributed by atoms with van der Waals surface area (Å²) in [6.45, 7) is 4.54. The third kappa shape index (κ3) is 4.46. The zero-order chi connectivity index (χ0) is 17.8. The molecule has 0 bridgehead atoms. The molecule has 25 heavy (non-hydrogen) atoms. The summed E-state index contributed by atoms with van der Waals surface area (Å²) in [5, 5.41) is 19.5. The number of benzene rings is 1. The smallest absolute Gasteiger partial charge is 0.253 e. The van der Waals surface area contributed by atoms with Crippen molar-refractivity contribution in [2.45, 2.75) is 25.7 Å². The van der Waals surface area contributed by atoms with Gasteiger partial charge in [-0.25, -0.2) is 0 Å². The van der Waals surface area contributed by atoms with Gasteiger partial charge >= 0.3 is 0 Å². The maximum absolute atomic E-state index is 12.8. The molecular formula is C19H27ClN2O3. The molecule has 0 saturated carbocycles. The third-order valence-electron chi connectivity index (χ3n) is 5.48. The molecule has 2 aliphatic rings. The lowest BCUT2D eigenvalue weighted by Gasteiger charge is -2.26. The molecule has 0 unspecified atom stereocenters. The first kappa shape index (κ1) is 18.5. The Labute approximate surface area is 154 Å². The zero-order valence-electron chi connectivity index (χ0n) is 14.5. The molecule has 2 fully saturated rings. The summed E-state index contributed by atoms with van der Waals surface area (Å²) >= 11 is 5.93. The molecule has 3 rings (SSSR count). The fourth-order valence-electron chi connectivity index (χ4n) is 3.99. The second-order valence-electron chi connectivity index (χ2n) is 7.29. The van der Waals surface area contributed by atoms with Gasteiger partial charge in [0, 0.05) is 37.7 Å². The number of amides is 1. The minimum absolute atomic E-state index is 0.0214. The third-order valence-corrected chi connectivity index (χ3v) is 5.79. The minimum Gasteiger partial charge on any atom is -0.506 e. The first-order valence-electron chi connectivity index (χ1n) is 9.19. The average molecular weight is 367 g/mol. The van der Waals surface area contributed by atoms with Crippen LogP contribution in [0.3, 0.4) is 0 Å². The van der Waals surface area contributed by atoms with E-state index in [1.807, 2.05) is 4.90 Å². The molecule has 6 heteroatoms. The van der Waals surface area contributed by atoms with Crippen LogP contribution >= 0.6 is 11.6 Å². The second kappa shape index (κ2) is 8.39. The predicted octanol–water partition coefficient (Wildman–Crippen LogP) is 2.60. The Morgan fingerprint density at radius 2 is 1.80 bits per heavy atom. The van der Waals surface area contributed by atoms with Crippen LogP contribution in [0, 0.1) is 11.8 Å².